The lowest BCUT2D eigenvalue weighted by atomic mass is 10.2. The number of hydrogen-bond donors (Lipinski definition) is 2. The third kappa shape index (κ3) is 3.22. The number of hydrogen-bond acceptors (Lipinski definition) is 4. The normalized spacial score (nSPS) is 11.2. The predicted octanol–water partition coefficient (Wildman–Crippen LogP) is 5.57. The number of nitrogens with one attached hydrogen (secondary N) is 2. The molecule has 0 radical (unpaired) electrons. The van der Waals surface area contributed by atoms with Gasteiger partial charge in [-0.1, -0.05) is 35.3 Å². The fourth-order valence-corrected chi connectivity index (χ4v) is 3.57. The van der Waals surface area contributed by atoms with Crippen molar-refractivity contribution >= 4 is 45.1 Å². The van der Waals surface area contributed by atoms with Gasteiger partial charge in [0.05, 0.1) is 16.7 Å². The molecule has 0 spiro atoms. The first-order chi connectivity index (χ1) is 14.1. The average molecular weight is 423 g/mol. The quantitative estimate of drug-likeness (QED) is 0.398. The zero-order chi connectivity index (χ0) is 20.0. The molecule has 3 aromatic heterocycles. The van der Waals surface area contributed by atoms with Crippen LogP contribution >= 0.6 is 23.2 Å². The number of nitrogens with zero attached hydrogens (tertiary/aromatic N) is 2. The van der Waals surface area contributed by atoms with E-state index in [0.29, 0.717) is 44.0 Å². The van der Waals surface area contributed by atoms with Crippen LogP contribution in [0.3, 0.4) is 0 Å². The molecule has 142 valence electrons. The number of H-pyrrole nitrogens is 2. The second-order valence-electron chi connectivity index (χ2n) is 6.40. The van der Waals surface area contributed by atoms with Crippen molar-refractivity contribution in [3.8, 4) is 22.9 Å². The molecule has 0 amide bonds. The summed E-state index contributed by atoms with van der Waals surface area (Å²) in [6, 6.07) is 14.7. The molecule has 0 unspecified atom stereocenters. The van der Waals surface area contributed by atoms with Gasteiger partial charge in [-0.05, 0) is 36.4 Å². The van der Waals surface area contributed by atoms with Crippen molar-refractivity contribution in [2.75, 3.05) is 0 Å². The summed E-state index contributed by atoms with van der Waals surface area (Å²) in [5.74, 6) is 0.893. The Morgan fingerprint density at radius 1 is 0.897 bits per heavy atom. The Kier molecular flexibility index (Phi) is 4.23. The summed E-state index contributed by atoms with van der Waals surface area (Å²) in [5.41, 5.74) is 2.92. The van der Waals surface area contributed by atoms with Crippen LogP contribution in [0, 0.1) is 0 Å². The highest BCUT2D eigenvalue weighted by molar-refractivity contribution is 6.36. The first-order valence-electron chi connectivity index (χ1n) is 8.67. The summed E-state index contributed by atoms with van der Waals surface area (Å²) in [7, 11) is 0. The third-order valence-corrected chi connectivity index (χ3v) is 5.01. The number of halogens is 2. The molecule has 0 atom stereocenters. The molecule has 8 heteroatoms. The van der Waals surface area contributed by atoms with Gasteiger partial charge in [-0.3, -0.25) is 9.78 Å². The third-order valence-electron chi connectivity index (χ3n) is 4.48. The van der Waals surface area contributed by atoms with Crippen molar-refractivity contribution in [1.29, 1.82) is 0 Å². The van der Waals surface area contributed by atoms with Crippen molar-refractivity contribution < 1.29 is 4.74 Å². The summed E-state index contributed by atoms with van der Waals surface area (Å²) < 4.78 is 5.84. The Balaban J connectivity index is 1.56. The van der Waals surface area contributed by atoms with Crippen LogP contribution in [0.4, 0.5) is 0 Å². The minimum atomic E-state index is -0.262. The van der Waals surface area contributed by atoms with E-state index in [9.17, 15) is 4.79 Å². The number of ether oxygens (including phenoxy) is 1. The van der Waals surface area contributed by atoms with Gasteiger partial charge in [-0.2, -0.15) is 0 Å². The van der Waals surface area contributed by atoms with E-state index in [2.05, 4.69) is 19.9 Å². The molecule has 2 aromatic carbocycles. The lowest BCUT2D eigenvalue weighted by Crippen LogP contribution is -2.11. The Morgan fingerprint density at radius 3 is 2.52 bits per heavy atom. The number of pyridine rings is 1. The van der Waals surface area contributed by atoms with E-state index in [1.807, 2.05) is 42.5 Å². The van der Waals surface area contributed by atoms with E-state index < -0.39 is 0 Å². The second-order valence-corrected chi connectivity index (χ2v) is 7.21. The molecule has 0 fully saturated rings. The van der Waals surface area contributed by atoms with Crippen LogP contribution < -0.4 is 10.3 Å². The van der Waals surface area contributed by atoms with E-state index in [4.69, 9.17) is 27.9 Å². The van der Waals surface area contributed by atoms with Gasteiger partial charge in [-0.25, -0.2) is 4.98 Å². The molecule has 6 nitrogen and oxygen atoms in total. The van der Waals surface area contributed by atoms with E-state index in [1.54, 1.807) is 6.07 Å². The molecule has 0 saturated carbocycles. The smallest absolute Gasteiger partial charge is 0.276 e. The van der Waals surface area contributed by atoms with Crippen molar-refractivity contribution in [1.82, 2.24) is 19.9 Å². The Bertz CT molecular complexity index is 1420. The molecular formula is C21H12Cl2N4O2. The first-order valence-corrected chi connectivity index (χ1v) is 9.43. The van der Waals surface area contributed by atoms with Gasteiger partial charge in [0.2, 0.25) is 0 Å². The molecule has 3 heterocycles. The summed E-state index contributed by atoms with van der Waals surface area (Å²) in [4.78, 5) is 27.0. The molecule has 5 rings (SSSR count). The van der Waals surface area contributed by atoms with Crippen molar-refractivity contribution in [2.45, 2.75) is 0 Å². The largest absolute Gasteiger partial charge is 0.454 e. The average Bonchev–Trinajstić information content (AvgIpc) is 3.13. The highest BCUT2D eigenvalue weighted by Crippen LogP contribution is 2.36. The van der Waals surface area contributed by atoms with Gasteiger partial charge in [0.25, 0.3) is 5.56 Å². The van der Waals surface area contributed by atoms with E-state index >= 15 is 0 Å². The zero-order valence-electron chi connectivity index (χ0n) is 14.7. The molecule has 2 N–H and O–H groups in total. The van der Waals surface area contributed by atoms with Crippen LogP contribution in [-0.4, -0.2) is 19.9 Å². The monoisotopic (exact) mass is 422 g/mol. The molecule has 0 aliphatic heterocycles. The lowest BCUT2D eigenvalue weighted by molar-refractivity contribution is 0.483. The van der Waals surface area contributed by atoms with Crippen LogP contribution in [-0.2, 0) is 0 Å². The van der Waals surface area contributed by atoms with Gasteiger partial charge >= 0.3 is 0 Å². The fraction of sp³-hybridized carbons (Fsp3) is 0. The summed E-state index contributed by atoms with van der Waals surface area (Å²) in [5, 5.41) is 1.49. The number of aromatic amines is 2. The van der Waals surface area contributed by atoms with Gasteiger partial charge in [0, 0.05) is 23.3 Å². The number of benzene rings is 2. The van der Waals surface area contributed by atoms with Crippen molar-refractivity contribution in [2.24, 2.45) is 0 Å². The van der Waals surface area contributed by atoms with Gasteiger partial charge in [-0.15, -0.1) is 0 Å². The van der Waals surface area contributed by atoms with Crippen LogP contribution in [0.25, 0.3) is 33.3 Å². The van der Waals surface area contributed by atoms with E-state index in [-0.39, 0.29) is 5.56 Å². The summed E-state index contributed by atoms with van der Waals surface area (Å²) >= 11 is 12.2. The van der Waals surface area contributed by atoms with Crippen LogP contribution in [0.15, 0.2) is 65.7 Å². The molecule has 0 saturated heterocycles. The van der Waals surface area contributed by atoms with Crippen LogP contribution in [0.5, 0.6) is 11.5 Å². The minimum Gasteiger partial charge on any atom is -0.454 e. The molecule has 0 aliphatic rings. The highest BCUT2D eigenvalue weighted by Gasteiger charge is 2.13. The predicted molar refractivity (Wildman–Crippen MR) is 114 cm³/mol. The van der Waals surface area contributed by atoms with Crippen molar-refractivity contribution in [3.05, 3.63) is 81.3 Å². The molecule has 29 heavy (non-hydrogen) atoms. The van der Waals surface area contributed by atoms with Gasteiger partial charge in [0.1, 0.15) is 15.8 Å². The minimum absolute atomic E-state index is 0.262. The zero-order valence-corrected chi connectivity index (χ0v) is 16.3. The number of para-hydroxylation sites is 2. The fourth-order valence-electron chi connectivity index (χ4n) is 3.13. The Hall–Kier alpha value is -3.35. The Labute approximate surface area is 174 Å². The molecule has 0 bridgehead atoms. The summed E-state index contributed by atoms with van der Waals surface area (Å²) in [6.07, 6.45) is 2.93. The maximum absolute atomic E-state index is 12.5. The molecular weight excluding hydrogens is 411 g/mol. The number of aromatic nitrogens is 4. The molecule has 5 aromatic rings. The Morgan fingerprint density at radius 2 is 1.69 bits per heavy atom. The lowest BCUT2D eigenvalue weighted by Gasteiger charge is -2.08. The van der Waals surface area contributed by atoms with Crippen molar-refractivity contribution in [3.63, 3.8) is 0 Å². The van der Waals surface area contributed by atoms with E-state index in [1.165, 1.54) is 12.4 Å². The van der Waals surface area contributed by atoms with Gasteiger partial charge in [0.15, 0.2) is 11.4 Å². The van der Waals surface area contributed by atoms with Gasteiger partial charge < -0.3 is 14.7 Å². The number of fused-ring (bicyclic) bond motifs is 2. The molecule has 0 aliphatic carbocycles. The van der Waals surface area contributed by atoms with Crippen LogP contribution in [0.2, 0.25) is 10.0 Å². The first kappa shape index (κ1) is 17.7. The second kappa shape index (κ2) is 6.92. The maximum atomic E-state index is 12.5. The van der Waals surface area contributed by atoms with E-state index in [0.717, 1.165) is 10.9 Å². The SMILES string of the molecule is O=c1[nH]c2ccccc2nc1-c1cc2cc(Oc3c(Cl)cncc3Cl)ccc2[nH]1. The maximum Gasteiger partial charge on any atom is 0.276 e. The highest BCUT2D eigenvalue weighted by atomic mass is 35.5. The number of rotatable bonds is 3. The summed E-state index contributed by atoms with van der Waals surface area (Å²) in [6.45, 7) is 0. The standard InChI is InChI=1S/C21H12Cl2N4O2/c22-13-9-24-10-14(23)20(13)29-12-5-6-15-11(7-12)8-18(25-15)19-21(28)27-17-4-2-1-3-16(17)26-19/h1-10,25H,(H,27,28). The topological polar surface area (TPSA) is 83.7 Å². The van der Waals surface area contributed by atoms with Crippen LogP contribution in [0.1, 0.15) is 0 Å².